The number of nitrogens with one attached hydrogen (secondary N) is 1. The van der Waals surface area contributed by atoms with Gasteiger partial charge in [0.25, 0.3) is 0 Å². The van der Waals surface area contributed by atoms with Crippen molar-refractivity contribution in [3.63, 3.8) is 0 Å². The lowest BCUT2D eigenvalue weighted by molar-refractivity contribution is 0.332. The Morgan fingerprint density at radius 3 is 1.90 bits per heavy atom. The predicted octanol–water partition coefficient (Wildman–Crippen LogP) is 15.3. The van der Waals surface area contributed by atoms with E-state index in [1.807, 2.05) is 0 Å². The Morgan fingerprint density at radius 2 is 1.15 bits per heavy atom. The van der Waals surface area contributed by atoms with E-state index >= 15 is 0 Å². The summed E-state index contributed by atoms with van der Waals surface area (Å²) in [5.41, 5.74) is 21.2. The van der Waals surface area contributed by atoms with Gasteiger partial charge in [-0.05, 0) is 120 Å². The Balaban J connectivity index is 1.18. The molecule has 2 aliphatic rings. The van der Waals surface area contributed by atoms with Gasteiger partial charge in [0, 0.05) is 60.7 Å². The van der Waals surface area contributed by atoms with Crippen molar-refractivity contribution in [2.75, 3.05) is 5.32 Å². The number of fused-ring (bicyclic) bond motifs is 14. The van der Waals surface area contributed by atoms with Crippen LogP contribution in [0.15, 0.2) is 162 Å². The second kappa shape index (κ2) is 13.5. The van der Waals surface area contributed by atoms with Crippen LogP contribution in [-0.2, 0) is 10.8 Å². The smallest absolute Gasteiger partial charge is 0.197 e. The normalized spacial score (nSPS) is 15.0. The zero-order chi connectivity index (χ0) is 45.1. The summed E-state index contributed by atoms with van der Waals surface area (Å²) >= 11 is 0. The van der Waals surface area contributed by atoms with Crippen molar-refractivity contribution in [1.29, 1.82) is 0 Å². The molecule has 4 heterocycles. The standard InChI is InChI=1S/C62H49BN3O/c1-35-19-23-38(24-20-35)64-50-34-56-44(45-31-47-48(33-55(45)67-56)62(5,6)28-27-61(47,3)4)30-43(50)46-32-54(65-51-17-11-9-15-40(51)41-16-10-12-18-52(41)65)57-42-25-22-37-13-7-8-14-39(37)59(42)66-53-26-21-36(2)29-49(53)63-58(46)60(57)66/h7-26,29-34,64H,27-28H2,1-6H3. The molecular formula is C62H49BN3O. The lowest BCUT2D eigenvalue weighted by Gasteiger charge is -2.41. The fourth-order valence-corrected chi connectivity index (χ4v) is 12.1. The van der Waals surface area contributed by atoms with E-state index in [0.717, 1.165) is 57.6 Å². The molecule has 1 aliphatic heterocycles. The number of aromatic nitrogens is 2. The predicted molar refractivity (Wildman–Crippen MR) is 285 cm³/mol. The molecule has 0 saturated heterocycles. The number of aryl methyl sites for hydroxylation is 2. The summed E-state index contributed by atoms with van der Waals surface area (Å²) < 4.78 is 12.1. The summed E-state index contributed by atoms with van der Waals surface area (Å²) in [7, 11) is 2.46. The molecule has 3 aromatic heterocycles. The molecule has 1 radical (unpaired) electrons. The molecule has 0 fully saturated rings. The summed E-state index contributed by atoms with van der Waals surface area (Å²) in [6.07, 6.45) is 2.30. The van der Waals surface area contributed by atoms with Crippen molar-refractivity contribution in [2.24, 2.45) is 0 Å². The molecule has 5 heteroatoms. The Morgan fingerprint density at radius 1 is 0.507 bits per heavy atom. The van der Waals surface area contributed by atoms with Crippen LogP contribution in [-0.4, -0.2) is 16.4 Å². The monoisotopic (exact) mass is 862 g/mol. The van der Waals surface area contributed by atoms with Gasteiger partial charge in [0.05, 0.1) is 33.4 Å². The molecular weight excluding hydrogens is 814 g/mol. The van der Waals surface area contributed by atoms with Crippen molar-refractivity contribution in [2.45, 2.75) is 65.2 Å². The van der Waals surface area contributed by atoms with Gasteiger partial charge < -0.3 is 18.9 Å². The van der Waals surface area contributed by atoms with Crippen LogP contribution in [0.1, 0.15) is 62.8 Å². The van der Waals surface area contributed by atoms with Crippen molar-refractivity contribution < 1.29 is 4.42 Å². The third kappa shape index (κ3) is 5.49. The van der Waals surface area contributed by atoms with E-state index in [0.29, 0.717) is 0 Å². The molecule has 4 nitrogen and oxygen atoms in total. The molecule has 12 aromatic rings. The van der Waals surface area contributed by atoms with Crippen LogP contribution in [0.3, 0.4) is 0 Å². The maximum atomic E-state index is 6.99. The van der Waals surface area contributed by atoms with E-state index in [1.54, 1.807) is 0 Å². The van der Waals surface area contributed by atoms with Crippen LogP contribution in [0.25, 0.3) is 98.8 Å². The third-order valence-corrected chi connectivity index (χ3v) is 15.7. The van der Waals surface area contributed by atoms with E-state index in [1.165, 1.54) is 98.6 Å². The number of hydrogen-bond acceptors (Lipinski definition) is 2. The average Bonchev–Trinajstić information content (AvgIpc) is 3.99. The zero-order valence-corrected chi connectivity index (χ0v) is 38.8. The van der Waals surface area contributed by atoms with Gasteiger partial charge in [0.1, 0.15) is 11.2 Å². The van der Waals surface area contributed by atoms with Crippen LogP contribution in [0.4, 0.5) is 11.4 Å². The molecule has 321 valence electrons. The van der Waals surface area contributed by atoms with E-state index in [9.17, 15) is 0 Å². The largest absolute Gasteiger partial charge is 0.456 e. The summed E-state index contributed by atoms with van der Waals surface area (Å²) in [4.78, 5) is 0. The van der Waals surface area contributed by atoms with Crippen molar-refractivity contribution in [1.82, 2.24) is 9.13 Å². The summed E-state index contributed by atoms with van der Waals surface area (Å²) in [5, 5.41) is 13.7. The molecule has 9 aromatic carbocycles. The number of rotatable bonds is 4. The Labute approximate surface area is 390 Å². The van der Waals surface area contributed by atoms with Crippen LogP contribution in [0.2, 0.25) is 0 Å². The first-order chi connectivity index (χ1) is 32.5. The number of para-hydroxylation sites is 2. The Kier molecular flexibility index (Phi) is 7.83. The van der Waals surface area contributed by atoms with Crippen LogP contribution >= 0.6 is 0 Å². The summed E-state index contributed by atoms with van der Waals surface area (Å²) in [6.45, 7) is 14.0. The number of benzene rings is 9. The second-order valence-electron chi connectivity index (χ2n) is 20.8. The van der Waals surface area contributed by atoms with Crippen LogP contribution in [0.5, 0.6) is 0 Å². The van der Waals surface area contributed by atoms with E-state index in [-0.39, 0.29) is 10.8 Å². The third-order valence-electron chi connectivity index (χ3n) is 15.7. The molecule has 0 atom stereocenters. The molecule has 0 saturated carbocycles. The minimum atomic E-state index is 0.0584. The number of furan rings is 1. The summed E-state index contributed by atoms with van der Waals surface area (Å²) in [5.74, 6) is 0. The van der Waals surface area contributed by atoms with Crippen LogP contribution in [0, 0.1) is 13.8 Å². The zero-order valence-electron chi connectivity index (χ0n) is 38.8. The highest BCUT2D eigenvalue weighted by Gasteiger charge is 2.38. The maximum Gasteiger partial charge on any atom is 0.197 e. The minimum Gasteiger partial charge on any atom is -0.456 e. The van der Waals surface area contributed by atoms with Gasteiger partial charge in [0.15, 0.2) is 7.28 Å². The first kappa shape index (κ1) is 38.7. The first-order valence-corrected chi connectivity index (χ1v) is 23.9. The van der Waals surface area contributed by atoms with Crippen molar-refractivity contribution in [3.05, 3.63) is 180 Å². The quantitative estimate of drug-likeness (QED) is 0.179. The van der Waals surface area contributed by atoms with Crippen LogP contribution < -0.4 is 16.2 Å². The van der Waals surface area contributed by atoms with E-state index in [2.05, 4.69) is 221 Å². The van der Waals surface area contributed by atoms with Gasteiger partial charge in [-0.3, -0.25) is 0 Å². The number of anilines is 2. The molecule has 0 bridgehead atoms. The second-order valence-corrected chi connectivity index (χ2v) is 20.8. The van der Waals surface area contributed by atoms with Gasteiger partial charge in [-0.15, -0.1) is 0 Å². The minimum absolute atomic E-state index is 0.0584. The molecule has 0 spiro atoms. The molecule has 1 N–H and O–H groups in total. The Hall–Kier alpha value is -7.50. The topological polar surface area (TPSA) is 35.0 Å². The van der Waals surface area contributed by atoms with E-state index in [4.69, 9.17) is 4.42 Å². The molecule has 0 unspecified atom stereocenters. The number of nitrogens with zero attached hydrogens (tertiary/aromatic N) is 2. The summed E-state index contributed by atoms with van der Waals surface area (Å²) in [6, 6.07) is 59.1. The van der Waals surface area contributed by atoms with Gasteiger partial charge in [-0.2, -0.15) is 0 Å². The first-order valence-electron chi connectivity index (χ1n) is 23.9. The maximum absolute atomic E-state index is 6.99. The molecule has 1 aliphatic carbocycles. The molecule has 14 rings (SSSR count). The average molecular weight is 863 g/mol. The number of hydrogen-bond donors (Lipinski definition) is 1. The Bertz CT molecular complexity index is 4070. The van der Waals surface area contributed by atoms with E-state index < -0.39 is 0 Å². The highest BCUT2D eigenvalue weighted by Crippen LogP contribution is 2.50. The fraction of sp³-hybridized carbons (Fsp3) is 0.161. The molecule has 67 heavy (non-hydrogen) atoms. The van der Waals surface area contributed by atoms with Crippen molar-refractivity contribution >= 4 is 106 Å². The van der Waals surface area contributed by atoms with Gasteiger partial charge in [-0.25, -0.2) is 0 Å². The lowest BCUT2D eigenvalue weighted by Crippen LogP contribution is -2.37. The van der Waals surface area contributed by atoms with Crippen molar-refractivity contribution in [3.8, 4) is 22.5 Å². The van der Waals surface area contributed by atoms with Gasteiger partial charge >= 0.3 is 0 Å². The SMILES string of the molecule is Cc1ccc(Nc2cc3oc4cc5c(cc4c3cc2-c2cc(-n3c4ccccc4c4ccccc43)c3c4ccc6ccccc6c4n4c3c2[B]c2cc(C)ccc2-4)C(C)(C)CCC5(C)C)cc1. The van der Waals surface area contributed by atoms with Gasteiger partial charge in [0.2, 0.25) is 0 Å². The fourth-order valence-electron chi connectivity index (χ4n) is 12.1. The lowest BCUT2D eigenvalue weighted by atomic mass is 9.58. The van der Waals surface area contributed by atoms with Gasteiger partial charge in [-0.1, -0.05) is 141 Å². The highest BCUT2D eigenvalue weighted by atomic mass is 16.3. The highest BCUT2D eigenvalue weighted by molar-refractivity contribution is 6.73. The molecule has 0 amide bonds.